The molecule has 0 radical (unpaired) electrons. The summed E-state index contributed by atoms with van der Waals surface area (Å²) in [6, 6.07) is 66.4. The Morgan fingerprint density at radius 2 is 1.07 bits per heavy atom. The third-order valence-electron chi connectivity index (χ3n) is 16.5. The van der Waals surface area contributed by atoms with Gasteiger partial charge in [-0.3, -0.25) is 0 Å². The van der Waals surface area contributed by atoms with E-state index in [9.17, 15) is 2.74 Å². The van der Waals surface area contributed by atoms with Crippen LogP contribution in [0.1, 0.15) is 111 Å². The van der Waals surface area contributed by atoms with Gasteiger partial charge in [0.1, 0.15) is 13.9 Å². The first kappa shape index (κ1) is 48.9. The fourth-order valence-electron chi connectivity index (χ4n) is 12.3. The Labute approximate surface area is 508 Å². The number of ether oxygens (including phenoxy) is 1. The van der Waals surface area contributed by atoms with Gasteiger partial charge in [-0.05, 0) is 107 Å². The number of nitrogens with zero attached hydrogens (tertiary/aromatic N) is 4. The first-order chi connectivity index (χ1) is 40.9. The Morgan fingerprint density at radius 3 is 1.70 bits per heavy atom. The molecule has 412 valence electrons. The van der Waals surface area contributed by atoms with Crippen molar-refractivity contribution in [3.63, 3.8) is 0 Å². The van der Waals surface area contributed by atoms with E-state index in [1.165, 1.54) is 37.4 Å². The molecule has 4 heterocycles. The second kappa shape index (κ2) is 20.6. The number of hydrogen-bond donors (Lipinski definition) is 0. The molecule has 10 aromatic rings. The zero-order chi connectivity index (χ0) is 60.5. The summed E-state index contributed by atoms with van der Waals surface area (Å²) in [6.07, 6.45) is 1.92. The summed E-state index contributed by atoms with van der Waals surface area (Å²) in [5.74, 6) is 1.94. The third kappa shape index (κ3) is 9.23. The molecule has 0 bridgehead atoms. The molecule has 0 N–H and O–H groups in total. The summed E-state index contributed by atoms with van der Waals surface area (Å²) in [5.41, 5.74) is 14.0. The molecule has 82 heavy (non-hydrogen) atoms. The molecule has 0 fully saturated rings. The Balaban J connectivity index is 0.00000739. The van der Waals surface area contributed by atoms with Crippen LogP contribution in [0.4, 0.5) is 39.9 Å². The first-order valence-corrected chi connectivity index (χ1v) is 30.2. The van der Waals surface area contributed by atoms with E-state index < -0.39 is 26.2 Å². The fraction of sp³-hybridized carbons (Fsp3) is 0.200. The van der Waals surface area contributed by atoms with Crippen LogP contribution in [0.15, 0.2) is 206 Å². The average Bonchev–Trinajstić information content (AvgIpc) is 1.65. The fourth-order valence-corrected chi connectivity index (χ4v) is 17.7. The Hall–Kier alpha value is -7.76. The number of fused-ring (bicyclic) bond motifs is 10. The van der Waals surface area contributed by atoms with Crippen molar-refractivity contribution in [3.8, 4) is 44.9 Å². The Kier molecular flexibility index (Phi) is 12.3. The maximum atomic E-state index is 9.38. The smallest absolute Gasteiger partial charge is 0.135 e. The zero-order valence-corrected chi connectivity index (χ0v) is 51.7. The van der Waals surface area contributed by atoms with E-state index in [0.29, 0.717) is 22.7 Å². The average molecular weight is 1270 g/mol. The van der Waals surface area contributed by atoms with Crippen molar-refractivity contribution in [1.29, 1.82) is 0 Å². The first-order valence-electron chi connectivity index (χ1n) is 30.7. The molecule has 0 saturated carbocycles. The van der Waals surface area contributed by atoms with E-state index in [-0.39, 0.29) is 60.9 Å². The van der Waals surface area contributed by atoms with Gasteiger partial charge in [0.05, 0.1) is 6.85 Å². The van der Waals surface area contributed by atoms with E-state index in [1.807, 2.05) is 37.1 Å². The van der Waals surface area contributed by atoms with Crippen LogP contribution in [-0.4, -0.2) is 13.1 Å². The largest absolute Gasteiger partial charge is 0.509 e. The normalized spacial score (nSPS) is 14.9. The van der Waals surface area contributed by atoms with Gasteiger partial charge in [-0.2, -0.15) is 6.07 Å². The number of rotatable bonds is 8. The number of benzene rings is 9. The molecular formula is C75H69N4OPtSi-3. The van der Waals surface area contributed by atoms with Crippen LogP contribution in [0.5, 0.6) is 11.5 Å². The van der Waals surface area contributed by atoms with Crippen molar-refractivity contribution >= 4 is 68.8 Å². The van der Waals surface area contributed by atoms with E-state index in [0.717, 1.165) is 62.1 Å². The van der Waals surface area contributed by atoms with Crippen LogP contribution in [0.3, 0.4) is 0 Å². The summed E-state index contributed by atoms with van der Waals surface area (Å²) in [5, 5.41) is 5.20. The molecule has 0 aliphatic carbocycles. The number of anilines is 7. The maximum absolute atomic E-state index is 9.38. The Bertz CT molecular complexity index is 4300. The topological polar surface area (TPSA) is 31.8 Å². The van der Waals surface area contributed by atoms with Crippen LogP contribution in [-0.2, 0) is 37.3 Å². The molecule has 0 saturated heterocycles. The molecule has 1 aromatic heterocycles. The van der Waals surface area contributed by atoms with Crippen molar-refractivity contribution in [2.75, 3.05) is 14.7 Å². The Morgan fingerprint density at radius 1 is 0.512 bits per heavy atom. The molecule has 3 aliphatic rings. The maximum Gasteiger partial charge on any atom is 0.135 e. The van der Waals surface area contributed by atoms with E-state index in [2.05, 4.69) is 249 Å². The van der Waals surface area contributed by atoms with Crippen molar-refractivity contribution in [3.05, 3.63) is 247 Å². The van der Waals surface area contributed by atoms with Crippen LogP contribution in [0, 0.1) is 18.8 Å². The molecule has 3 aliphatic heterocycles. The molecule has 5 nitrogen and oxygen atoms in total. The molecule has 0 amide bonds. The van der Waals surface area contributed by atoms with E-state index >= 15 is 0 Å². The van der Waals surface area contributed by atoms with Gasteiger partial charge in [0.15, 0.2) is 0 Å². The standard InChI is InChI=1S/C75H69N4OSi.Pt/c1-49(2)51-42-56(77-48-78(64-31-18-17-30-63(64)77)72-59(50-24-13-12-14-25-50)28-23-29-60(72)52-40-54(74(6,7)8)44-55(41-52)75(9,10)11)46-58(43-51)80-57-36-37-70-66(47-57)79(71-45-53(38-39-76-71)73(3,4)5)65-32-19-22-35-69(65)81(70)67-33-20-15-26-61(67)62-27-16-21-34-68(62)81;/h12-45,48-49H,1-11H3;/q-3;/i12D,13D,14D,24D,25D;. The van der Waals surface area contributed by atoms with Crippen LogP contribution in [0.2, 0.25) is 0 Å². The van der Waals surface area contributed by atoms with Crippen molar-refractivity contribution in [2.45, 2.75) is 98.3 Å². The zero-order valence-electron chi connectivity index (χ0n) is 53.4. The minimum Gasteiger partial charge on any atom is -0.509 e. The molecular weight excluding hydrogens is 1200 g/mol. The quantitative estimate of drug-likeness (QED) is 0.112. The van der Waals surface area contributed by atoms with Gasteiger partial charge in [0.25, 0.3) is 0 Å². The number of pyridine rings is 1. The van der Waals surface area contributed by atoms with Crippen LogP contribution >= 0.6 is 0 Å². The van der Waals surface area contributed by atoms with E-state index in [1.54, 1.807) is 0 Å². The van der Waals surface area contributed by atoms with Crippen molar-refractivity contribution in [2.24, 2.45) is 0 Å². The van der Waals surface area contributed by atoms with Gasteiger partial charge < -0.3 is 19.4 Å². The number of para-hydroxylation sites is 4. The van der Waals surface area contributed by atoms with Gasteiger partial charge in [0, 0.05) is 72.6 Å². The molecule has 1 spiro atoms. The molecule has 9 aromatic carbocycles. The van der Waals surface area contributed by atoms with Gasteiger partial charge in [-0.15, -0.1) is 53.4 Å². The van der Waals surface area contributed by atoms with Gasteiger partial charge in [-0.25, -0.2) is 4.98 Å². The molecule has 0 atom stereocenters. The summed E-state index contributed by atoms with van der Waals surface area (Å²) >= 11 is 0. The molecule has 7 heteroatoms. The summed E-state index contributed by atoms with van der Waals surface area (Å²) in [7, 11) is -2.98. The second-order valence-corrected chi connectivity index (χ2v) is 28.9. The van der Waals surface area contributed by atoms with Gasteiger partial charge >= 0.3 is 0 Å². The minimum absolute atomic E-state index is 0. The minimum atomic E-state index is -2.98. The second-order valence-electron chi connectivity index (χ2n) is 25.2. The molecule has 13 rings (SSSR count). The summed E-state index contributed by atoms with van der Waals surface area (Å²) < 4.78 is 52.3. The van der Waals surface area contributed by atoms with Crippen molar-refractivity contribution < 1.29 is 32.7 Å². The van der Waals surface area contributed by atoms with E-state index in [4.69, 9.17) is 13.8 Å². The van der Waals surface area contributed by atoms with Gasteiger partial charge in [-0.1, -0.05) is 227 Å². The summed E-state index contributed by atoms with van der Waals surface area (Å²) in [4.78, 5) is 11.7. The number of aromatic nitrogens is 1. The molecule has 0 unspecified atom stereocenters. The SMILES string of the molecule is [2H]c1c([2H])c([2H])c(-c2cccc(-c3cc(C(C)(C)C)cc(C(C)(C)C)c3)c2N2[CH-]N(c3[c-]c(Oc4[c-]c5c(cc4)[Si]4(c6ccccc6-c6ccccc64)c4ccccc4N5c4cc(C(C)(C)C)ccn4)cc(C(C)C)c3)c3ccccc32)c([2H])c1[2H].[Pt]. The van der Waals surface area contributed by atoms with Crippen molar-refractivity contribution in [1.82, 2.24) is 4.98 Å². The predicted octanol–water partition coefficient (Wildman–Crippen LogP) is 17.4. The van der Waals surface area contributed by atoms with Gasteiger partial charge in [0.2, 0.25) is 0 Å². The summed E-state index contributed by atoms with van der Waals surface area (Å²) in [6.45, 7) is 26.4. The van der Waals surface area contributed by atoms with Crippen LogP contribution < -0.4 is 40.2 Å². The number of hydrogen-bond acceptors (Lipinski definition) is 5. The third-order valence-corrected chi connectivity index (χ3v) is 21.5. The van der Waals surface area contributed by atoms with Crippen LogP contribution in [0.25, 0.3) is 33.4 Å². The predicted molar refractivity (Wildman–Crippen MR) is 342 cm³/mol. The monoisotopic (exact) mass is 1270 g/mol.